The van der Waals surface area contributed by atoms with Crippen LogP contribution in [0.1, 0.15) is 63.4 Å². The number of hydrogen-bond donors (Lipinski definition) is 2. The highest BCUT2D eigenvalue weighted by atomic mass is 16.5. The molecule has 2 heterocycles. The summed E-state index contributed by atoms with van der Waals surface area (Å²) < 4.78 is 6.48. The van der Waals surface area contributed by atoms with E-state index in [1.807, 2.05) is 11.0 Å². The van der Waals surface area contributed by atoms with Crippen molar-refractivity contribution in [3.8, 4) is 5.75 Å². The van der Waals surface area contributed by atoms with Gasteiger partial charge in [-0.15, -0.1) is 0 Å². The third-order valence-corrected chi connectivity index (χ3v) is 7.00. The molecule has 2 fully saturated rings. The lowest BCUT2D eigenvalue weighted by atomic mass is 9.88. The second kappa shape index (κ2) is 8.83. The summed E-state index contributed by atoms with van der Waals surface area (Å²) in [6.45, 7) is 3.21. The Morgan fingerprint density at radius 1 is 1.18 bits per heavy atom. The maximum absolute atomic E-state index is 12.9. The first kappa shape index (κ1) is 19.7. The van der Waals surface area contributed by atoms with Gasteiger partial charge in [0.2, 0.25) is 5.91 Å². The predicted octanol–water partition coefficient (Wildman–Crippen LogP) is 3.22. The monoisotopic (exact) mass is 385 g/mol. The fourth-order valence-corrected chi connectivity index (χ4v) is 5.12. The molecule has 2 aliphatic heterocycles. The molecule has 0 aromatic heterocycles. The quantitative estimate of drug-likeness (QED) is 0.784. The van der Waals surface area contributed by atoms with Crippen LogP contribution in [0.5, 0.6) is 5.75 Å². The number of ether oxygens (including phenoxy) is 1. The van der Waals surface area contributed by atoms with Gasteiger partial charge in [-0.05, 0) is 24.8 Å². The molecule has 28 heavy (non-hydrogen) atoms. The van der Waals surface area contributed by atoms with Crippen LogP contribution in [0.2, 0.25) is 0 Å². The molecular formula is C23H35N3O2. The van der Waals surface area contributed by atoms with Crippen molar-refractivity contribution in [2.45, 2.75) is 76.0 Å². The van der Waals surface area contributed by atoms with Crippen molar-refractivity contribution in [2.24, 2.45) is 11.7 Å². The summed E-state index contributed by atoms with van der Waals surface area (Å²) in [5.41, 5.74) is 7.47. The number of piperidine rings is 1. The fraction of sp³-hybridized carbons (Fsp3) is 0.696. The number of nitrogens with two attached hydrogens (primary N) is 1. The van der Waals surface area contributed by atoms with Crippen molar-refractivity contribution < 1.29 is 9.53 Å². The molecule has 1 saturated carbocycles. The molecule has 3 aliphatic rings. The van der Waals surface area contributed by atoms with E-state index in [2.05, 4.69) is 23.5 Å². The zero-order valence-corrected chi connectivity index (χ0v) is 17.0. The van der Waals surface area contributed by atoms with Gasteiger partial charge >= 0.3 is 0 Å². The van der Waals surface area contributed by atoms with Crippen molar-refractivity contribution in [1.29, 1.82) is 0 Å². The van der Waals surface area contributed by atoms with Gasteiger partial charge in [-0.25, -0.2) is 0 Å². The maximum Gasteiger partial charge on any atom is 0.224 e. The SMILES string of the molecule is NC(CC(=O)N1CCC2(CC1)CNCc1ccccc1O2)C1CCCCCC1. The van der Waals surface area contributed by atoms with Gasteiger partial charge < -0.3 is 20.7 Å². The molecule has 4 rings (SSSR count). The Morgan fingerprint density at radius 3 is 2.64 bits per heavy atom. The normalized spacial score (nSPS) is 24.0. The van der Waals surface area contributed by atoms with E-state index in [9.17, 15) is 4.79 Å². The molecule has 0 radical (unpaired) electrons. The first-order valence-electron chi connectivity index (χ1n) is 11.2. The van der Waals surface area contributed by atoms with Crippen LogP contribution in [0, 0.1) is 5.92 Å². The number of hydrogen-bond acceptors (Lipinski definition) is 4. The smallest absolute Gasteiger partial charge is 0.224 e. The summed E-state index contributed by atoms with van der Waals surface area (Å²) in [6.07, 6.45) is 9.81. The third-order valence-electron chi connectivity index (χ3n) is 7.00. The lowest BCUT2D eigenvalue weighted by Crippen LogP contribution is -2.54. The molecule has 1 aromatic rings. The highest BCUT2D eigenvalue weighted by Gasteiger charge is 2.39. The molecular weight excluding hydrogens is 350 g/mol. The van der Waals surface area contributed by atoms with Crippen LogP contribution in [0.3, 0.4) is 0 Å². The minimum absolute atomic E-state index is 0.0177. The molecule has 1 unspecified atom stereocenters. The Hall–Kier alpha value is -1.59. The van der Waals surface area contributed by atoms with Crippen molar-refractivity contribution >= 4 is 5.91 Å². The van der Waals surface area contributed by atoms with Gasteiger partial charge in [0.05, 0.1) is 0 Å². The number of likely N-dealkylation sites (tertiary alicyclic amines) is 1. The summed E-state index contributed by atoms with van der Waals surface area (Å²) in [5, 5.41) is 3.54. The van der Waals surface area contributed by atoms with E-state index < -0.39 is 0 Å². The summed E-state index contributed by atoms with van der Waals surface area (Å²) >= 11 is 0. The Morgan fingerprint density at radius 2 is 1.89 bits per heavy atom. The highest BCUT2D eigenvalue weighted by molar-refractivity contribution is 5.77. The minimum Gasteiger partial charge on any atom is -0.485 e. The van der Waals surface area contributed by atoms with Crippen LogP contribution >= 0.6 is 0 Å². The van der Waals surface area contributed by atoms with Crippen molar-refractivity contribution in [3.05, 3.63) is 29.8 Å². The average molecular weight is 386 g/mol. The van der Waals surface area contributed by atoms with Gasteiger partial charge in [0.25, 0.3) is 0 Å². The van der Waals surface area contributed by atoms with E-state index in [1.54, 1.807) is 0 Å². The van der Waals surface area contributed by atoms with Gasteiger partial charge in [0.1, 0.15) is 11.4 Å². The standard InChI is InChI=1S/C23H35N3O2/c24-20(18-7-3-1-2-4-8-18)15-22(27)26-13-11-23(12-14-26)17-25-16-19-9-5-6-10-21(19)28-23/h5-6,9-10,18,20,25H,1-4,7-8,11-17,24H2. The molecule has 3 N–H and O–H groups in total. The lowest BCUT2D eigenvalue weighted by molar-refractivity contribution is -0.135. The molecule has 5 heteroatoms. The maximum atomic E-state index is 12.9. The summed E-state index contributed by atoms with van der Waals surface area (Å²) in [5.74, 6) is 1.74. The zero-order chi connectivity index (χ0) is 19.4. The number of benzene rings is 1. The van der Waals surface area contributed by atoms with Crippen molar-refractivity contribution in [1.82, 2.24) is 10.2 Å². The van der Waals surface area contributed by atoms with Crippen molar-refractivity contribution in [2.75, 3.05) is 19.6 Å². The molecule has 1 atom stereocenters. The second-order valence-electron chi connectivity index (χ2n) is 9.00. The number of nitrogens with one attached hydrogen (secondary N) is 1. The molecule has 5 nitrogen and oxygen atoms in total. The van der Waals surface area contributed by atoms with Gasteiger partial charge in [-0.2, -0.15) is 0 Å². The van der Waals surface area contributed by atoms with E-state index >= 15 is 0 Å². The number of nitrogens with zero attached hydrogens (tertiary/aromatic N) is 1. The number of carbonyl (C=O) groups excluding carboxylic acids is 1. The van der Waals surface area contributed by atoms with E-state index in [4.69, 9.17) is 10.5 Å². The zero-order valence-electron chi connectivity index (χ0n) is 17.0. The molecule has 0 bridgehead atoms. The van der Waals surface area contributed by atoms with E-state index in [1.165, 1.54) is 44.1 Å². The number of para-hydroxylation sites is 1. The summed E-state index contributed by atoms with van der Waals surface area (Å²) in [7, 11) is 0. The number of amides is 1. The molecule has 1 aliphatic carbocycles. The van der Waals surface area contributed by atoms with Gasteiger partial charge in [-0.1, -0.05) is 43.9 Å². The van der Waals surface area contributed by atoms with Crippen LogP contribution in [0.25, 0.3) is 0 Å². The molecule has 1 saturated heterocycles. The summed E-state index contributed by atoms with van der Waals surface area (Å²) in [4.78, 5) is 14.9. The Balaban J connectivity index is 1.31. The Kier molecular flexibility index (Phi) is 6.22. The fourth-order valence-electron chi connectivity index (χ4n) is 5.12. The topological polar surface area (TPSA) is 67.6 Å². The molecule has 1 spiro atoms. The van der Waals surface area contributed by atoms with Gasteiger partial charge in [0, 0.05) is 57.0 Å². The average Bonchev–Trinajstić information content (AvgIpc) is 3.07. The predicted molar refractivity (Wildman–Crippen MR) is 111 cm³/mol. The lowest BCUT2D eigenvalue weighted by Gasteiger charge is -2.41. The third kappa shape index (κ3) is 4.52. The second-order valence-corrected chi connectivity index (χ2v) is 9.00. The Labute approximate surface area is 169 Å². The first-order valence-corrected chi connectivity index (χ1v) is 11.2. The molecule has 1 amide bonds. The van der Waals surface area contributed by atoms with Gasteiger partial charge in [-0.3, -0.25) is 4.79 Å². The van der Waals surface area contributed by atoms with E-state index in [-0.39, 0.29) is 17.6 Å². The van der Waals surface area contributed by atoms with Crippen molar-refractivity contribution in [3.63, 3.8) is 0 Å². The van der Waals surface area contributed by atoms with E-state index in [0.717, 1.165) is 44.8 Å². The van der Waals surface area contributed by atoms with E-state index in [0.29, 0.717) is 12.3 Å². The van der Waals surface area contributed by atoms with Crippen LogP contribution in [-0.4, -0.2) is 42.1 Å². The number of carbonyl (C=O) groups is 1. The molecule has 154 valence electrons. The molecule has 1 aromatic carbocycles. The first-order chi connectivity index (χ1) is 13.7. The number of rotatable bonds is 3. The van der Waals surface area contributed by atoms with Crippen LogP contribution in [-0.2, 0) is 11.3 Å². The van der Waals surface area contributed by atoms with Crippen LogP contribution in [0.4, 0.5) is 0 Å². The van der Waals surface area contributed by atoms with Crippen LogP contribution in [0.15, 0.2) is 24.3 Å². The van der Waals surface area contributed by atoms with Gasteiger partial charge in [0.15, 0.2) is 0 Å². The largest absolute Gasteiger partial charge is 0.485 e. The van der Waals surface area contributed by atoms with Crippen LogP contribution < -0.4 is 15.8 Å². The summed E-state index contributed by atoms with van der Waals surface area (Å²) in [6, 6.07) is 8.29. The Bertz CT molecular complexity index is 662. The minimum atomic E-state index is -0.202. The highest BCUT2D eigenvalue weighted by Crippen LogP contribution is 2.33. The number of fused-ring (bicyclic) bond motifs is 1.